The van der Waals surface area contributed by atoms with Crippen molar-refractivity contribution in [2.75, 3.05) is 0 Å². The number of aromatic nitrogens is 3. The molecule has 1 aliphatic rings. The number of alkyl halides is 3. The van der Waals surface area contributed by atoms with Crippen molar-refractivity contribution >= 4 is 15.9 Å². The average Bonchev–Trinajstić information content (AvgIpc) is 3.27. The molecule has 202 valence electrons. The number of pyridine rings is 1. The molecule has 0 saturated carbocycles. The Labute approximate surface area is 212 Å². The first-order chi connectivity index (χ1) is 17.8. The maximum atomic E-state index is 14.4. The molecule has 3 aromatic rings. The molecule has 1 fully saturated rings. The summed E-state index contributed by atoms with van der Waals surface area (Å²) < 4.78 is 107. The fourth-order valence-corrected chi connectivity index (χ4v) is 5.90. The first-order valence-electron chi connectivity index (χ1n) is 11.1. The maximum absolute atomic E-state index is 14.4. The van der Waals surface area contributed by atoms with Crippen LogP contribution in [0.15, 0.2) is 47.8 Å². The molecule has 38 heavy (non-hydrogen) atoms. The Bertz CT molecular complexity index is 1470. The summed E-state index contributed by atoms with van der Waals surface area (Å²) in [6.45, 7) is 1.16. The third kappa shape index (κ3) is 5.48. The van der Waals surface area contributed by atoms with E-state index in [1.54, 1.807) is 6.92 Å². The van der Waals surface area contributed by atoms with Crippen molar-refractivity contribution in [1.29, 1.82) is 0 Å². The van der Waals surface area contributed by atoms with E-state index in [0.717, 1.165) is 29.0 Å². The number of sulfonamides is 1. The lowest BCUT2D eigenvalue weighted by atomic mass is 10.1. The van der Waals surface area contributed by atoms with Gasteiger partial charge in [-0.25, -0.2) is 31.6 Å². The second-order valence-electron chi connectivity index (χ2n) is 8.52. The Morgan fingerprint density at radius 2 is 1.68 bits per heavy atom. The van der Waals surface area contributed by atoms with E-state index in [1.165, 1.54) is 6.07 Å². The number of rotatable bonds is 6. The van der Waals surface area contributed by atoms with Crippen molar-refractivity contribution < 1.29 is 39.6 Å². The molecule has 3 heterocycles. The zero-order valence-electron chi connectivity index (χ0n) is 19.5. The number of hydrogen-bond acceptors (Lipinski definition) is 6. The highest BCUT2D eigenvalue weighted by molar-refractivity contribution is 7.89. The molecule has 1 saturated heterocycles. The highest BCUT2D eigenvalue weighted by atomic mass is 32.2. The molecule has 15 heteroatoms. The molecule has 1 aliphatic heterocycles. The Hall–Kier alpha value is -3.59. The number of amides is 1. The van der Waals surface area contributed by atoms with E-state index < -0.39 is 68.9 Å². The Balaban J connectivity index is 1.52. The molecule has 0 aliphatic carbocycles. The Morgan fingerprint density at radius 3 is 2.32 bits per heavy atom. The number of carbonyl (C=O) groups excluding carboxylic acids is 1. The first kappa shape index (κ1) is 27.4. The molecule has 1 aromatic carbocycles. The van der Waals surface area contributed by atoms with Crippen LogP contribution in [0.1, 0.15) is 31.2 Å². The standard InChI is InChI=1S/C23H19F6N5O3S/c1-12-2-5-20(34(12)38(36,37)15-3-4-16(24)17(25)7-15)21(35)31-8-13-6-19(30-11-18(13)26)14-9-32-22(33-10-14)23(27,28)29/h3-4,6-7,9-12,20H,2,5,8H2,1H3,(H,31,35)/t12-,20-/m0/s1. The second-order valence-corrected chi connectivity index (χ2v) is 10.4. The van der Waals surface area contributed by atoms with Gasteiger partial charge in [-0.1, -0.05) is 0 Å². The second kappa shape index (κ2) is 10.3. The van der Waals surface area contributed by atoms with Crippen LogP contribution in [0.3, 0.4) is 0 Å². The summed E-state index contributed by atoms with van der Waals surface area (Å²) in [6.07, 6.45) is -1.75. The Kier molecular flexibility index (Phi) is 7.43. The normalized spacial score (nSPS) is 18.5. The minimum Gasteiger partial charge on any atom is -0.351 e. The minimum absolute atomic E-state index is 0.0430. The summed E-state index contributed by atoms with van der Waals surface area (Å²) in [5.41, 5.74) is 0.0321. The fourth-order valence-electron chi connectivity index (χ4n) is 4.05. The van der Waals surface area contributed by atoms with Crippen molar-refractivity contribution in [2.45, 2.75) is 49.5 Å². The molecular weight excluding hydrogens is 540 g/mol. The monoisotopic (exact) mass is 559 g/mol. The molecule has 8 nitrogen and oxygen atoms in total. The van der Waals surface area contributed by atoms with Crippen molar-refractivity contribution in [3.8, 4) is 11.3 Å². The zero-order chi connectivity index (χ0) is 27.8. The van der Waals surface area contributed by atoms with Gasteiger partial charge in [0.05, 0.1) is 16.8 Å². The van der Waals surface area contributed by atoms with Gasteiger partial charge in [0, 0.05) is 36.1 Å². The van der Waals surface area contributed by atoms with Crippen LogP contribution in [0, 0.1) is 17.5 Å². The summed E-state index contributed by atoms with van der Waals surface area (Å²) in [5, 5.41) is 2.46. The molecule has 1 amide bonds. The molecule has 0 unspecified atom stereocenters. The van der Waals surface area contributed by atoms with Gasteiger partial charge < -0.3 is 5.32 Å². The molecule has 1 N–H and O–H groups in total. The van der Waals surface area contributed by atoms with Gasteiger partial charge in [0.15, 0.2) is 11.6 Å². The largest absolute Gasteiger partial charge is 0.451 e. The van der Waals surface area contributed by atoms with E-state index >= 15 is 0 Å². The highest BCUT2D eigenvalue weighted by Gasteiger charge is 2.44. The van der Waals surface area contributed by atoms with Crippen LogP contribution in [0.2, 0.25) is 0 Å². The number of carbonyl (C=O) groups is 1. The predicted molar refractivity (Wildman–Crippen MR) is 120 cm³/mol. The van der Waals surface area contributed by atoms with Crippen LogP contribution < -0.4 is 5.32 Å². The van der Waals surface area contributed by atoms with Gasteiger partial charge in [0.2, 0.25) is 21.8 Å². The average molecular weight is 559 g/mol. The van der Waals surface area contributed by atoms with E-state index in [4.69, 9.17) is 0 Å². The third-order valence-electron chi connectivity index (χ3n) is 5.96. The van der Waals surface area contributed by atoms with Crippen LogP contribution in [0.4, 0.5) is 26.3 Å². The molecule has 4 rings (SSSR count). The number of nitrogens with one attached hydrogen (secondary N) is 1. The van der Waals surface area contributed by atoms with Crippen LogP contribution in [-0.4, -0.2) is 45.7 Å². The van der Waals surface area contributed by atoms with Crippen molar-refractivity contribution in [1.82, 2.24) is 24.6 Å². The molecule has 2 atom stereocenters. The number of benzene rings is 1. The number of halogens is 6. The molecule has 0 bridgehead atoms. The zero-order valence-corrected chi connectivity index (χ0v) is 20.3. The fraction of sp³-hybridized carbons (Fsp3) is 0.304. The number of hydrogen-bond donors (Lipinski definition) is 1. The smallest absolute Gasteiger partial charge is 0.351 e. The lowest BCUT2D eigenvalue weighted by Crippen LogP contribution is -2.48. The van der Waals surface area contributed by atoms with E-state index in [2.05, 4.69) is 20.3 Å². The molecule has 0 radical (unpaired) electrons. The predicted octanol–water partition coefficient (Wildman–Crippen LogP) is 3.83. The lowest BCUT2D eigenvalue weighted by molar-refractivity contribution is -0.145. The minimum atomic E-state index is -4.74. The number of nitrogens with zero attached hydrogens (tertiary/aromatic N) is 4. The summed E-state index contributed by atoms with van der Waals surface area (Å²) in [5.74, 6) is -5.52. The highest BCUT2D eigenvalue weighted by Crippen LogP contribution is 2.32. The van der Waals surface area contributed by atoms with Gasteiger partial charge in [-0.15, -0.1) is 0 Å². The van der Waals surface area contributed by atoms with Gasteiger partial charge >= 0.3 is 6.18 Å². The van der Waals surface area contributed by atoms with E-state index in [1.807, 2.05) is 0 Å². The third-order valence-corrected chi connectivity index (χ3v) is 7.98. The summed E-state index contributed by atoms with van der Waals surface area (Å²) in [6, 6.07) is 1.46. The SMILES string of the molecule is C[C@H]1CC[C@@H](C(=O)NCc2cc(-c3cnc(C(F)(F)F)nc3)ncc2F)N1S(=O)(=O)c1ccc(F)c(F)c1. The molecular formula is C23H19F6N5O3S. The van der Waals surface area contributed by atoms with E-state index in [9.17, 15) is 39.6 Å². The van der Waals surface area contributed by atoms with Crippen LogP contribution in [0.5, 0.6) is 0 Å². The van der Waals surface area contributed by atoms with Crippen molar-refractivity contribution in [3.63, 3.8) is 0 Å². The molecule has 0 spiro atoms. The molecule has 2 aromatic heterocycles. The summed E-state index contributed by atoms with van der Waals surface area (Å²) in [7, 11) is -4.38. The van der Waals surface area contributed by atoms with Gasteiger partial charge in [-0.05, 0) is 44.0 Å². The van der Waals surface area contributed by atoms with E-state index in [0.29, 0.717) is 18.6 Å². The van der Waals surface area contributed by atoms with Crippen LogP contribution in [0.25, 0.3) is 11.3 Å². The summed E-state index contributed by atoms with van der Waals surface area (Å²) >= 11 is 0. The summed E-state index contributed by atoms with van der Waals surface area (Å²) in [4.78, 5) is 22.7. The van der Waals surface area contributed by atoms with Crippen LogP contribution >= 0.6 is 0 Å². The van der Waals surface area contributed by atoms with Gasteiger partial charge in [0.25, 0.3) is 0 Å². The maximum Gasteiger partial charge on any atom is 0.451 e. The van der Waals surface area contributed by atoms with Gasteiger partial charge in [0.1, 0.15) is 11.9 Å². The van der Waals surface area contributed by atoms with Gasteiger partial charge in [-0.2, -0.15) is 17.5 Å². The van der Waals surface area contributed by atoms with E-state index in [-0.39, 0.29) is 23.2 Å². The van der Waals surface area contributed by atoms with Crippen LogP contribution in [-0.2, 0) is 27.5 Å². The van der Waals surface area contributed by atoms with Crippen molar-refractivity contribution in [3.05, 3.63) is 71.7 Å². The quantitative estimate of drug-likeness (QED) is 0.461. The Morgan fingerprint density at radius 1 is 1.00 bits per heavy atom. The topological polar surface area (TPSA) is 105 Å². The van der Waals surface area contributed by atoms with Gasteiger partial charge in [-0.3, -0.25) is 9.78 Å². The first-order valence-corrected chi connectivity index (χ1v) is 12.5. The lowest BCUT2D eigenvalue weighted by Gasteiger charge is -2.27. The van der Waals surface area contributed by atoms with Crippen molar-refractivity contribution in [2.24, 2.45) is 0 Å².